The van der Waals surface area contributed by atoms with E-state index in [1.165, 1.54) is 12.1 Å². The number of rotatable bonds is 3. The van der Waals surface area contributed by atoms with Crippen molar-refractivity contribution in [3.05, 3.63) is 65.3 Å². The first kappa shape index (κ1) is 18.1. The Balaban J connectivity index is 2.09. The van der Waals surface area contributed by atoms with E-state index < -0.39 is 35.1 Å². The van der Waals surface area contributed by atoms with E-state index in [1.807, 2.05) is 0 Å². The highest BCUT2D eigenvalue weighted by Crippen LogP contribution is 2.35. The first-order chi connectivity index (χ1) is 12.2. The highest BCUT2D eigenvalue weighted by molar-refractivity contribution is 6.32. The molecule has 1 aromatic heterocycles. The SMILES string of the molecule is Fc1ccc(F)c(-c2c(Cl)ncn2-c2ccc(OC(F)(F)F)cc2)c1F. The largest absolute Gasteiger partial charge is 0.573 e. The van der Waals surface area contributed by atoms with E-state index >= 15 is 0 Å². The molecule has 0 spiro atoms. The fraction of sp³-hybridized carbons (Fsp3) is 0.0625. The van der Waals surface area contributed by atoms with Crippen molar-refractivity contribution in [3.63, 3.8) is 0 Å². The zero-order valence-electron chi connectivity index (χ0n) is 12.5. The van der Waals surface area contributed by atoms with Crippen LogP contribution in [0.4, 0.5) is 26.3 Å². The molecule has 3 aromatic rings. The second-order valence-corrected chi connectivity index (χ2v) is 5.37. The summed E-state index contributed by atoms with van der Waals surface area (Å²) < 4.78 is 83.1. The van der Waals surface area contributed by atoms with E-state index in [1.54, 1.807) is 0 Å². The molecule has 0 saturated carbocycles. The molecule has 136 valence electrons. The maximum Gasteiger partial charge on any atom is 0.573 e. The minimum Gasteiger partial charge on any atom is -0.406 e. The zero-order valence-corrected chi connectivity index (χ0v) is 13.2. The van der Waals surface area contributed by atoms with E-state index in [2.05, 4.69) is 9.72 Å². The van der Waals surface area contributed by atoms with Crippen LogP contribution in [0.5, 0.6) is 5.75 Å². The van der Waals surface area contributed by atoms with Crippen LogP contribution in [0.25, 0.3) is 16.9 Å². The van der Waals surface area contributed by atoms with Crippen LogP contribution < -0.4 is 4.74 Å². The number of hydrogen-bond donors (Lipinski definition) is 0. The molecule has 0 saturated heterocycles. The molecular weight excluding hydrogens is 386 g/mol. The summed E-state index contributed by atoms with van der Waals surface area (Å²) in [5, 5.41) is -0.316. The van der Waals surface area contributed by atoms with Gasteiger partial charge in [0.2, 0.25) is 0 Å². The summed E-state index contributed by atoms with van der Waals surface area (Å²) in [5.74, 6) is -4.33. The molecule has 0 N–H and O–H groups in total. The minimum atomic E-state index is -4.86. The van der Waals surface area contributed by atoms with Crippen molar-refractivity contribution in [3.8, 4) is 22.7 Å². The highest BCUT2D eigenvalue weighted by atomic mass is 35.5. The summed E-state index contributed by atoms with van der Waals surface area (Å²) in [5.41, 5.74) is -0.856. The van der Waals surface area contributed by atoms with Gasteiger partial charge in [0.25, 0.3) is 0 Å². The lowest BCUT2D eigenvalue weighted by molar-refractivity contribution is -0.274. The molecule has 0 amide bonds. The highest BCUT2D eigenvalue weighted by Gasteiger charge is 2.31. The van der Waals surface area contributed by atoms with Gasteiger partial charge in [-0.1, -0.05) is 11.6 Å². The van der Waals surface area contributed by atoms with Crippen molar-refractivity contribution < 1.29 is 31.1 Å². The van der Waals surface area contributed by atoms with Gasteiger partial charge in [-0.15, -0.1) is 13.2 Å². The molecule has 0 atom stereocenters. The molecule has 0 fully saturated rings. The predicted molar refractivity (Wildman–Crippen MR) is 80.6 cm³/mol. The van der Waals surface area contributed by atoms with Gasteiger partial charge in [0.1, 0.15) is 17.9 Å². The second kappa shape index (κ2) is 6.56. The smallest absolute Gasteiger partial charge is 0.406 e. The quantitative estimate of drug-likeness (QED) is 0.434. The monoisotopic (exact) mass is 392 g/mol. The Kier molecular flexibility index (Phi) is 4.57. The summed E-state index contributed by atoms with van der Waals surface area (Å²) >= 11 is 5.88. The standard InChI is InChI=1S/C16H7ClF6N2O/c17-15-14(12-10(18)5-6-11(19)13(12)20)25(7-24-15)8-1-3-9(4-2-8)26-16(21,22)23/h1-7H. The third kappa shape index (κ3) is 3.48. The summed E-state index contributed by atoms with van der Waals surface area (Å²) in [7, 11) is 0. The second-order valence-electron chi connectivity index (χ2n) is 5.01. The zero-order chi connectivity index (χ0) is 19.1. The number of benzene rings is 2. The van der Waals surface area contributed by atoms with Crippen molar-refractivity contribution in [2.45, 2.75) is 6.36 Å². The first-order valence-corrected chi connectivity index (χ1v) is 7.28. The Morgan fingerprint density at radius 2 is 1.54 bits per heavy atom. The first-order valence-electron chi connectivity index (χ1n) is 6.90. The molecule has 0 aliphatic rings. The van der Waals surface area contributed by atoms with Crippen molar-refractivity contribution in [1.29, 1.82) is 0 Å². The van der Waals surface area contributed by atoms with E-state index in [4.69, 9.17) is 11.6 Å². The molecule has 26 heavy (non-hydrogen) atoms. The fourth-order valence-corrected chi connectivity index (χ4v) is 2.53. The summed E-state index contributed by atoms with van der Waals surface area (Å²) in [6.45, 7) is 0. The molecular formula is C16H7ClF6N2O. The molecule has 3 rings (SSSR count). The number of alkyl halides is 3. The number of hydrogen-bond acceptors (Lipinski definition) is 2. The van der Waals surface area contributed by atoms with E-state index in [-0.39, 0.29) is 16.5 Å². The maximum absolute atomic E-state index is 14.1. The maximum atomic E-state index is 14.1. The molecule has 0 radical (unpaired) electrons. The van der Waals surface area contributed by atoms with Crippen molar-refractivity contribution in [2.24, 2.45) is 0 Å². The van der Waals surface area contributed by atoms with E-state index in [9.17, 15) is 26.3 Å². The van der Waals surface area contributed by atoms with Gasteiger partial charge in [-0.3, -0.25) is 4.57 Å². The number of nitrogens with zero attached hydrogens (tertiary/aromatic N) is 2. The van der Waals surface area contributed by atoms with Crippen molar-refractivity contribution in [2.75, 3.05) is 0 Å². The van der Waals surface area contributed by atoms with Crippen LogP contribution in [-0.2, 0) is 0 Å². The topological polar surface area (TPSA) is 27.1 Å². The van der Waals surface area contributed by atoms with Crippen LogP contribution in [-0.4, -0.2) is 15.9 Å². The number of aromatic nitrogens is 2. The molecule has 3 nitrogen and oxygen atoms in total. The molecule has 0 aliphatic carbocycles. The van der Waals surface area contributed by atoms with Gasteiger partial charge >= 0.3 is 6.36 Å². The van der Waals surface area contributed by atoms with Crippen LogP contribution in [0.2, 0.25) is 5.15 Å². The van der Waals surface area contributed by atoms with Gasteiger partial charge in [-0.05, 0) is 36.4 Å². The summed E-state index contributed by atoms with van der Waals surface area (Å²) in [6.07, 6.45) is -3.76. The van der Waals surface area contributed by atoms with Crippen LogP contribution >= 0.6 is 11.6 Å². The van der Waals surface area contributed by atoms with Gasteiger partial charge in [0, 0.05) is 5.69 Å². The van der Waals surface area contributed by atoms with Gasteiger partial charge in [-0.25, -0.2) is 18.2 Å². The normalized spacial score (nSPS) is 11.7. The van der Waals surface area contributed by atoms with Crippen LogP contribution in [0, 0.1) is 17.5 Å². The minimum absolute atomic E-state index is 0.178. The lowest BCUT2D eigenvalue weighted by Crippen LogP contribution is -2.17. The Bertz CT molecular complexity index is 953. The predicted octanol–water partition coefficient (Wildman–Crippen LogP) is 5.51. The van der Waals surface area contributed by atoms with E-state index in [0.29, 0.717) is 6.07 Å². The van der Waals surface area contributed by atoms with Crippen molar-refractivity contribution in [1.82, 2.24) is 9.55 Å². The Morgan fingerprint density at radius 3 is 2.15 bits per heavy atom. The summed E-state index contributed by atoms with van der Waals surface area (Å²) in [4.78, 5) is 3.72. The molecule has 10 heteroatoms. The summed E-state index contributed by atoms with van der Waals surface area (Å²) in [6, 6.07) is 5.72. The van der Waals surface area contributed by atoms with Gasteiger partial charge < -0.3 is 4.74 Å². The Hall–Kier alpha value is -2.68. The number of ether oxygens (including phenoxy) is 1. The van der Waals surface area contributed by atoms with Crippen molar-refractivity contribution >= 4 is 11.6 Å². The molecule has 0 unspecified atom stereocenters. The van der Waals surface area contributed by atoms with Gasteiger partial charge in [-0.2, -0.15) is 0 Å². The Morgan fingerprint density at radius 1 is 0.923 bits per heavy atom. The van der Waals surface area contributed by atoms with Crippen LogP contribution in [0.3, 0.4) is 0 Å². The number of halogens is 7. The lowest BCUT2D eigenvalue weighted by Gasteiger charge is -2.12. The Labute approximate surface area is 147 Å². The third-order valence-corrected chi connectivity index (χ3v) is 3.63. The van der Waals surface area contributed by atoms with Gasteiger partial charge in [0.05, 0.1) is 11.3 Å². The number of imidazole rings is 1. The average molecular weight is 393 g/mol. The average Bonchev–Trinajstić information content (AvgIpc) is 2.93. The third-order valence-electron chi connectivity index (χ3n) is 3.35. The van der Waals surface area contributed by atoms with Crippen LogP contribution in [0.15, 0.2) is 42.7 Å². The molecule has 0 aliphatic heterocycles. The van der Waals surface area contributed by atoms with Crippen LogP contribution in [0.1, 0.15) is 0 Å². The molecule has 1 heterocycles. The van der Waals surface area contributed by atoms with E-state index in [0.717, 1.165) is 29.1 Å². The molecule has 2 aromatic carbocycles. The fourth-order valence-electron chi connectivity index (χ4n) is 2.30. The lowest BCUT2D eigenvalue weighted by atomic mass is 10.1. The molecule has 0 bridgehead atoms. The van der Waals surface area contributed by atoms with Gasteiger partial charge in [0.15, 0.2) is 16.8 Å².